The second-order valence-electron chi connectivity index (χ2n) is 17.8. The molecule has 0 bridgehead atoms. The van der Waals surface area contributed by atoms with E-state index in [-0.39, 0.29) is 10.8 Å². The lowest BCUT2D eigenvalue weighted by Gasteiger charge is -2.41. The van der Waals surface area contributed by atoms with Crippen molar-refractivity contribution in [2.24, 2.45) is 0 Å². The van der Waals surface area contributed by atoms with Crippen LogP contribution in [0.3, 0.4) is 0 Å². The van der Waals surface area contributed by atoms with Crippen LogP contribution in [-0.4, -0.2) is 0 Å². The summed E-state index contributed by atoms with van der Waals surface area (Å²) in [6.07, 6.45) is 6.50. The van der Waals surface area contributed by atoms with Crippen LogP contribution < -0.4 is 9.64 Å². The lowest BCUT2D eigenvalue weighted by atomic mass is 9.65. The van der Waals surface area contributed by atoms with Gasteiger partial charge in [-0.2, -0.15) is 0 Å². The van der Waals surface area contributed by atoms with E-state index in [1.54, 1.807) is 0 Å². The standard InChI is InChI=1S/C54H47NO3/c1-9-40-38(31-25-33-26-32-46-48(47(33)53(40,5)6)54(7,8)41-20-12-15-24-45(41)56-46)51-49(39-18-11-14-23-44(39)58-51)55(35-29-27-34(28-30-35)52(2,3)4)42-21-16-19-37-36-17-10-13-22-43(36)57-50(37)42/h9-32H,1H2,2-8H3. The van der Waals surface area contributed by atoms with Gasteiger partial charge in [0.15, 0.2) is 11.3 Å². The predicted molar refractivity (Wildman–Crippen MR) is 241 cm³/mol. The highest BCUT2D eigenvalue weighted by Gasteiger charge is 2.43. The highest BCUT2D eigenvalue weighted by atomic mass is 16.5. The third-order valence-electron chi connectivity index (χ3n) is 12.5. The summed E-state index contributed by atoms with van der Waals surface area (Å²) in [5.41, 5.74) is 12.5. The molecule has 0 saturated carbocycles. The van der Waals surface area contributed by atoms with Crippen molar-refractivity contribution in [3.63, 3.8) is 0 Å². The minimum atomic E-state index is -0.512. The van der Waals surface area contributed by atoms with Crippen LogP contribution in [0.1, 0.15) is 82.0 Å². The Kier molecular flexibility index (Phi) is 7.88. The van der Waals surface area contributed by atoms with Crippen LogP contribution in [0, 0.1) is 0 Å². The zero-order valence-corrected chi connectivity index (χ0v) is 34.2. The van der Waals surface area contributed by atoms with Gasteiger partial charge in [0.1, 0.15) is 28.4 Å². The molecule has 4 nitrogen and oxygen atoms in total. The molecule has 4 heteroatoms. The van der Waals surface area contributed by atoms with Gasteiger partial charge in [-0.05, 0) is 76.2 Å². The van der Waals surface area contributed by atoms with Crippen LogP contribution in [0.5, 0.6) is 11.5 Å². The fourth-order valence-electron chi connectivity index (χ4n) is 9.58. The maximum absolute atomic E-state index is 7.14. The lowest BCUT2D eigenvalue weighted by Crippen LogP contribution is -2.32. The molecule has 286 valence electrons. The number of furan rings is 2. The molecule has 10 rings (SSSR count). The minimum Gasteiger partial charge on any atom is -0.457 e. The van der Waals surface area contributed by atoms with Crippen LogP contribution in [0.4, 0.5) is 17.1 Å². The van der Waals surface area contributed by atoms with Crippen molar-refractivity contribution in [1.82, 2.24) is 0 Å². The molecular weight excluding hydrogens is 711 g/mol. The highest BCUT2D eigenvalue weighted by Crippen LogP contribution is 2.56. The van der Waals surface area contributed by atoms with Crippen molar-refractivity contribution >= 4 is 61.6 Å². The maximum Gasteiger partial charge on any atom is 0.159 e. The molecule has 0 amide bonds. The Morgan fingerprint density at radius 1 is 0.603 bits per heavy atom. The number of ether oxygens (including phenoxy) is 1. The van der Waals surface area contributed by atoms with E-state index in [1.165, 1.54) is 22.3 Å². The Hall–Kier alpha value is -6.52. The number of benzene rings is 6. The predicted octanol–water partition coefficient (Wildman–Crippen LogP) is 15.5. The summed E-state index contributed by atoms with van der Waals surface area (Å²) < 4.78 is 20.6. The number of rotatable bonds is 5. The van der Waals surface area contributed by atoms with Gasteiger partial charge in [0.25, 0.3) is 0 Å². The number of anilines is 3. The van der Waals surface area contributed by atoms with Crippen molar-refractivity contribution in [3.8, 4) is 11.5 Å². The zero-order chi connectivity index (χ0) is 40.1. The zero-order valence-electron chi connectivity index (χ0n) is 34.2. The van der Waals surface area contributed by atoms with Gasteiger partial charge >= 0.3 is 0 Å². The first-order chi connectivity index (χ1) is 27.9. The highest BCUT2D eigenvalue weighted by molar-refractivity contribution is 6.13. The van der Waals surface area contributed by atoms with E-state index in [0.717, 1.165) is 83.9 Å². The fraction of sp³-hybridized carbons (Fsp3) is 0.185. The summed E-state index contributed by atoms with van der Waals surface area (Å²) in [6.45, 7) is 20.5. The first-order valence-corrected chi connectivity index (χ1v) is 20.2. The van der Waals surface area contributed by atoms with Gasteiger partial charge in [0, 0.05) is 49.4 Å². The number of nitrogens with zero attached hydrogens (tertiary/aromatic N) is 1. The van der Waals surface area contributed by atoms with Crippen molar-refractivity contribution in [2.45, 2.75) is 64.7 Å². The third-order valence-corrected chi connectivity index (χ3v) is 12.5. The van der Waals surface area contributed by atoms with Gasteiger partial charge in [-0.25, -0.2) is 0 Å². The van der Waals surface area contributed by atoms with E-state index in [9.17, 15) is 0 Å². The Balaban J connectivity index is 1.26. The molecule has 0 fully saturated rings. The summed E-state index contributed by atoms with van der Waals surface area (Å²) in [5, 5.41) is 3.14. The van der Waals surface area contributed by atoms with E-state index in [4.69, 9.17) is 13.6 Å². The average Bonchev–Trinajstić information content (AvgIpc) is 3.75. The molecule has 1 aliphatic carbocycles. The molecule has 2 aromatic heterocycles. The summed E-state index contributed by atoms with van der Waals surface area (Å²) in [6, 6.07) is 44.7. The number of hydrogen-bond acceptors (Lipinski definition) is 4. The topological polar surface area (TPSA) is 38.8 Å². The molecule has 6 aromatic carbocycles. The van der Waals surface area contributed by atoms with Gasteiger partial charge in [-0.15, -0.1) is 0 Å². The molecule has 0 radical (unpaired) electrons. The quantitative estimate of drug-likeness (QED) is 0.175. The molecule has 0 spiro atoms. The Labute approximate surface area is 340 Å². The number of hydrogen-bond donors (Lipinski definition) is 0. The Morgan fingerprint density at radius 2 is 1.28 bits per heavy atom. The SMILES string of the molecule is C=CC1=C(c2oc3ccccc3c2N(c2ccc(C(C)(C)C)cc2)c2cccc3c2oc2ccccc23)C=Cc2ccc3c(c2C1(C)C)C(C)(C)c1ccccc1O3. The second-order valence-corrected chi connectivity index (χ2v) is 17.8. The van der Waals surface area contributed by atoms with Crippen LogP contribution in [-0.2, 0) is 16.2 Å². The van der Waals surface area contributed by atoms with Crippen LogP contribution in [0.15, 0.2) is 161 Å². The molecule has 0 atom stereocenters. The molecule has 8 aromatic rings. The van der Waals surface area contributed by atoms with Crippen LogP contribution in [0.2, 0.25) is 0 Å². The van der Waals surface area contributed by atoms with Gasteiger partial charge in [0.05, 0.1) is 5.69 Å². The molecule has 0 N–H and O–H groups in total. The van der Waals surface area contributed by atoms with Gasteiger partial charge < -0.3 is 18.5 Å². The second kappa shape index (κ2) is 12.7. The smallest absolute Gasteiger partial charge is 0.159 e. The molecule has 58 heavy (non-hydrogen) atoms. The molecular formula is C54H47NO3. The third kappa shape index (κ3) is 5.27. The summed E-state index contributed by atoms with van der Waals surface area (Å²) in [5.74, 6) is 2.56. The lowest BCUT2D eigenvalue weighted by molar-refractivity contribution is 0.410. The largest absolute Gasteiger partial charge is 0.457 e. The molecule has 2 aliphatic rings. The van der Waals surface area contributed by atoms with E-state index in [2.05, 4.69) is 175 Å². The van der Waals surface area contributed by atoms with Crippen LogP contribution >= 0.6 is 0 Å². The van der Waals surface area contributed by atoms with Crippen molar-refractivity contribution in [1.29, 1.82) is 0 Å². The van der Waals surface area contributed by atoms with E-state index < -0.39 is 5.41 Å². The van der Waals surface area contributed by atoms with E-state index >= 15 is 0 Å². The number of allylic oxidation sites excluding steroid dienone is 4. The molecule has 0 saturated heterocycles. The summed E-state index contributed by atoms with van der Waals surface area (Å²) in [4.78, 5) is 2.33. The number of fused-ring (bicyclic) bond motifs is 8. The normalized spacial score (nSPS) is 15.5. The monoisotopic (exact) mass is 757 g/mol. The Morgan fingerprint density at radius 3 is 2.02 bits per heavy atom. The Bertz CT molecular complexity index is 3030. The first kappa shape index (κ1) is 35.9. The van der Waals surface area contributed by atoms with Crippen molar-refractivity contribution < 1.29 is 13.6 Å². The molecule has 3 heterocycles. The average molecular weight is 758 g/mol. The van der Waals surface area contributed by atoms with Crippen LogP contribution in [0.25, 0.3) is 44.6 Å². The number of para-hydroxylation sites is 4. The summed E-state index contributed by atoms with van der Waals surface area (Å²) >= 11 is 0. The summed E-state index contributed by atoms with van der Waals surface area (Å²) in [7, 11) is 0. The molecule has 0 unspecified atom stereocenters. The van der Waals surface area contributed by atoms with Gasteiger partial charge in [-0.1, -0.05) is 152 Å². The fourth-order valence-corrected chi connectivity index (χ4v) is 9.58. The first-order valence-electron chi connectivity index (χ1n) is 20.2. The van der Waals surface area contributed by atoms with Gasteiger partial charge in [0.2, 0.25) is 0 Å². The van der Waals surface area contributed by atoms with Crippen molar-refractivity contribution in [2.75, 3.05) is 4.90 Å². The van der Waals surface area contributed by atoms with Crippen molar-refractivity contribution in [3.05, 3.63) is 185 Å². The maximum atomic E-state index is 7.14. The van der Waals surface area contributed by atoms with E-state index in [1.807, 2.05) is 30.3 Å². The van der Waals surface area contributed by atoms with Gasteiger partial charge in [-0.3, -0.25) is 0 Å². The minimum absolute atomic E-state index is 0.00805. The van der Waals surface area contributed by atoms with E-state index in [0.29, 0.717) is 0 Å². The molecule has 1 aliphatic heterocycles.